The van der Waals surface area contributed by atoms with Crippen LogP contribution in [0.5, 0.6) is 0 Å². The van der Waals surface area contributed by atoms with Crippen molar-refractivity contribution in [3.05, 3.63) is 82.1 Å². The average Bonchev–Trinajstić information content (AvgIpc) is 3.42. The Bertz CT molecular complexity index is 1460. The Balaban J connectivity index is 1.51. The highest BCUT2D eigenvalue weighted by Gasteiger charge is 2.33. The predicted molar refractivity (Wildman–Crippen MR) is 152 cm³/mol. The van der Waals surface area contributed by atoms with Gasteiger partial charge in [0, 0.05) is 35.8 Å². The van der Waals surface area contributed by atoms with E-state index in [-0.39, 0.29) is 30.4 Å². The molecule has 38 heavy (non-hydrogen) atoms. The van der Waals surface area contributed by atoms with E-state index >= 15 is 0 Å². The lowest BCUT2D eigenvalue weighted by Crippen LogP contribution is -2.37. The van der Waals surface area contributed by atoms with Crippen molar-refractivity contribution in [1.29, 1.82) is 0 Å². The van der Waals surface area contributed by atoms with Gasteiger partial charge in [0.05, 0.1) is 17.2 Å². The van der Waals surface area contributed by atoms with Gasteiger partial charge in [-0.05, 0) is 57.4 Å². The van der Waals surface area contributed by atoms with Gasteiger partial charge in [0.25, 0.3) is 0 Å². The zero-order chi connectivity index (χ0) is 26.6. The molecule has 3 heterocycles. The fourth-order valence-electron chi connectivity index (χ4n) is 4.78. The number of piperidine rings is 1. The molecule has 196 valence electrons. The molecule has 0 saturated carbocycles. The number of hydrogen-bond acceptors (Lipinski definition) is 6. The summed E-state index contributed by atoms with van der Waals surface area (Å²) in [5.74, 6) is -0.651. The van der Waals surface area contributed by atoms with E-state index < -0.39 is 5.97 Å². The monoisotopic (exact) mass is 529 g/mol. The van der Waals surface area contributed by atoms with Crippen molar-refractivity contribution in [3.63, 3.8) is 0 Å². The van der Waals surface area contributed by atoms with Crippen LogP contribution < -0.4 is 0 Å². The summed E-state index contributed by atoms with van der Waals surface area (Å²) < 4.78 is 7.20. The molecule has 1 amide bonds. The van der Waals surface area contributed by atoms with Crippen LogP contribution in [0.15, 0.2) is 76.0 Å². The number of carbonyl (C=O) groups is 2. The standard InChI is InChI=1S/C30H31N3O4S/c1-3-37-30(36)27-28(35)25(38-29(27)31-22-13-11-20(2)12-14-22)17-21-18-33(24-10-6-5-9-23(21)24)19-26(34)32-15-7-4-8-16-32/h5-6,9-14,17-18,35H,3-4,7-8,15-16,19H2,1-2H3/b25-17-,31-29?. The van der Waals surface area contributed by atoms with Gasteiger partial charge in [0.2, 0.25) is 5.91 Å². The lowest BCUT2D eigenvalue weighted by Gasteiger charge is -2.27. The molecule has 0 atom stereocenters. The number of aliphatic imine (C=N–C) groups is 1. The fourth-order valence-corrected chi connectivity index (χ4v) is 5.81. The molecule has 8 heteroatoms. The van der Waals surface area contributed by atoms with E-state index in [0.717, 1.165) is 48.0 Å². The van der Waals surface area contributed by atoms with Gasteiger partial charge in [-0.1, -0.05) is 47.7 Å². The minimum atomic E-state index is -0.610. The highest BCUT2D eigenvalue weighted by Crippen LogP contribution is 2.41. The van der Waals surface area contributed by atoms with Crippen LogP contribution in [0.4, 0.5) is 5.69 Å². The lowest BCUT2D eigenvalue weighted by molar-refractivity contribution is -0.138. The second-order valence-electron chi connectivity index (χ2n) is 9.48. The highest BCUT2D eigenvalue weighted by atomic mass is 32.2. The molecule has 0 aliphatic carbocycles. The minimum absolute atomic E-state index is 0.0627. The molecule has 2 aliphatic heterocycles. The first-order valence-corrected chi connectivity index (χ1v) is 13.8. The van der Waals surface area contributed by atoms with Gasteiger partial charge in [-0.25, -0.2) is 9.79 Å². The van der Waals surface area contributed by atoms with Crippen LogP contribution in [-0.4, -0.2) is 51.2 Å². The van der Waals surface area contributed by atoms with Crippen LogP contribution in [-0.2, 0) is 20.9 Å². The number of ether oxygens (including phenoxy) is 1. The number of aliphatic hydroxyl groups excluding tert-OH is 1. The second kappa shape index (κ2) is 11.3. The number of esters is 1. The van der Waals surface area contributed by atoms with Crippen molar-refractivity contribution < 1.29 is 19.4 Å². The van der Waals surface area contributed by atoms with Gasteiger partial charge in [-0.2, -0.15) is 0 Å². The van der Waals surface area contributed by atoms with Crippen LogP contribution in [0, 0.1) is 6.92 Å². The molecule has 7 nitrogen and oxygen atoms in total. The van der Waals surface area contributed by atoms with Crippen molar-refractivity contribution in [3.8, 4) is 0 Å². The topological polar surface area (TPSA) is 84.1 Å². The molecule has 2 aliphatic rings. The Morgan fingerprint density at radius 2 is 1.82 bits per heavy atom. The zero-order valence-corrected chi connectivity index (χ0v) is 22.5. The first-order chi connectivity index (χ1) is 18.4. The molecule has 1 saturated heterocycles. The second-order valence-corrected chi connectivity index (χ2v) is 10.5. The Kier molecular flexibility index (Phi) is 7.69. The van der Waals surface area contributed by atoms with E-state index in [1.807, 2.05) is 77.2 Å². The summed E-state index contributed by atoms with van der Waals surface area (Å²) in [6.45, 7) is 5.79. The Morgan fingerprint density at radius 1 is 1.08 bits per heavy atom. The number of likely N-dealkylation sites (tertiary alicyclic amines) is 1. The summed E-state index contributed by atoms with van der Waals surface area (Å²) in [5, 5.41) is 12.5. The van der Waals surface area contributed by atoms with Crippen LogP contribution >= 0.6 is 11.8 Å². The number of benzene rings is 2. The van der Waals surface area contributed by atoms with Gasteiger partial charge < -0.3 is 19.3 Å². The molecule has 0 unspecified atom stereocenters. The number of aliphatic hydroxyl groups is 1. The van der Waals surface area contributed by atoms with Gasteiger partial charge >= 0.3 is 5.97 Å². The number of fused-ring (bicyclic) bond motifs is 1. The van der Waals surface area contributed by atoms with Crippen LogP contribution in [0.25, 0.3) is 17.0 Å². The van der Waals surface area contributed by atoms with Crippen LogP contribution in [0.2, 0.25) is 0 Å². The number of carbonyl (C=O) groups excluding carboxylic acids is 2. The summed E-state index contributed by atoms with van der Waals surface area (Å²) in [4.78, 5) is 32.9. The summed E-state index contributed by atoms with van der Waals surface area (Å²) in [6, 6.07) is 15.5. The van der Waals surface area contributed by atoms with Crippen LogP contribution in [0.3, 0.4) is 0 Å². The third-order valence-corrected chi connectivity index (χ3v) is 7.78. The van der Waals surface area contributed by atoms with E-state index in [4.69, 9.17) is 4.74 Å². The number of amides is 1. The molecule has 2 aromatic carbocycles. The number of rotatable bonds is 6. The number of aromatic nitrogens is 1. The van der Waals surface area contributed by atoms with Crippen molar-refractivity contribution in [2.45, 2.75) is 39.7 Å². The van der Waals surface area contributed by atoms with E-state index in [0.29, 0.717) is 15.6 Å². The third-order valence-electron chi connectivity index (χ3n) is 6.76. The number of para-hydroxylation sites is 1. The maximum atomic E-state index is 13.0. The number of aryl methyl sites for hydroxylation is 1. The first-order valence-electron chi connectivity index (χ1n) is 13.0. The Morgan fingerprint density at radius 3 is 2.55 bits per heavy atom. The quantitative estimate of drug-likeness (QED) is 0.387. The van der Waals surface area contributed by atoms with E-state index in [1.165, 1.54) is 18.2 Å². The summed E-state index contributed by atoms with van der Waals surface area (Å²) in [7, 11) is 0. The smallest absolute Gasteiger partial charge is 0.344 e. The molecule has 0 spiro atoms. The van der Waals surface area contributed by atoms with Crippen molar-refractivity contribution in [1.82, 2.24) is 9.47 Å². The maximum absolute atomic E-state index is 13.0. The molecule has 1 N–H and O–H groups in total. The van der Waals surface area contributed by atoms with E-state index in [2.05, 4.69) is 4.99 Å². The zero-order valence-electron chi connectivity index (χ0n) is 21.6. The van der Waals surface area contributed by atoms with Crippen molar-refractivity contribution >= 4 is 51.3 Å². The largest absolute Gasteiger partial charge is 0.506 e. The summed E-state index contributed by atoms with van der Waals surface area (Å²) in [6.07, 6.45) is 7.06. The molecular weight excluding hydrogens is 498 g/mol. The van der Waals surface area contributed by atoms with Crippen molar-refractivity contribution in [2.24, 2.45) is 4.99 Å². The third kappa shape index (κ3) is 5.41. The SMILES string of the molecule is CCOC(=O)C1=C(O)/C(=C/c2cn(CC(=O)N3CCCCC3)c3ccccc23)SC1=Nc1ccc(C)cc1. The van der Waals surface area contributed by atoms with Gasteiger partial charge in [0.1, 0.15) is 22.9 Å². The van der Waals surface area contributed by atoms with Crippen molar-refractivity contribution in [2.75, 3.05) is 19.7 Å². The fraction of sp³-hybridized carbons (Fsp3) is 0.300. The summed E-state index contributed by atoms with van der Waals surface area (Å²) >= 11 is 1.23. The normalized spacial score (nSPS) is 18.1. The predicted octanol–water partition coefficient (Wildman–Crippen LogP) is 6.16. The van der Waals surface area contributed by atoms with Gasteiger partial charge in [-0.15, -0.1) is 0 Å². The highest BCUT2D eigenvalue weighted by molar-refractivity contribution is 8.18. The van der Waals surface area contributed by atoms with Crippen LogP contribution in [0.1, 0.15) is 37.3 Å². The Hall–Kier alpha value is -3.78. The summed E-state index contributed by atoms with van der Waals surface area (Å²) in [5.41, 5.74) is 3.64. The molecular formula is C30H31N3O4S. The lowest BCUT2D eigenvalue weighted by atomic mass is 10.1. The molecule has 0 radical (unpaired) electrons. The van der Waals surface area contributed by atoms with E-state index in [9.17, 15) is 14.7 Å². The molecule has 0 bridgehead atoms. The first kappa shape index (κ1) is 25.9. The molecule has 3 aromatic rings. The molecule has 1 aromatic heterocycles. The average molecular weight is 530 g/mol. The number of thioether (sulfide) groups is 1. The number of hydrogen-bond donors (Lipinski definition) is 1. The van der Waals surface area contributed by atoms with Gasteiger partial charge in [-0.3, -0.25) is 4.79 Å². The Labute approximate surface area is 226 Å². The molecule has 1 fully saturated rings. The number of nitrogens with zero attached hydrogens (tertiary/aromatic N) is 3. The minimum Gasteiger partial charge on any atom is -0.506 e. The van der Waals surface area contributed by atoms with E-state index in [1.54, 1.807) is 6.92 Å². The maximum Gasteiger partial charge on any atom is 0.344 e. The van der Waals surface area contributed by atoms with Gasteiger partial charge in [0.15, 0.2) is 0 Å². The molecule has 5 rings (SSSR count).